The van der Waals surface area contributed by atoms with E-state index in [1.54, 1.807) is 18.3 Å². The summed E-state index contributed by atoms with van der Waals surface area (Å²) >= 11 is 0. The molecule has 2 aromatic carbocycles. The number of aliphatic imine (C=N–C) groups is 1. The molecule has 25 heavy (non-hydrogen) atoms. The van der Waals surface area contributed by atoms with Gasteiger partial charge in [0.1, 0.15) is 17.2 Å². The number of hydrogen-bond donors (Lipinski definition) is 0. The van der Waals surface area contributed by atoms with Crippen LogP contribution in [0.1, 0.15) is 27.9 Å². The zero-order valence-corrected chi connectivity index (χ0v) is 13.5. The molecule has 2 nitrogen and oxygen atoms in total. The summed E-state index contributed by atoms with van der Waals surface area (Å²) in [6.45, 7) is 0.655. The van der Waals surface area contributed by atoms with Crippen molar-refractivity contribution in [2.45, 2.75) is 13.0 Å². The zero-order chi connectivity index (χ0) is 17.1. The Bertz CT molecular complexity index is 1010. The maximum atomic E-state index is 13.4. The van der Waals surface area contributed by atoms with Gasteiger partial charge in [-0.25, -0.2) is 9.37 Å². The summed E-state index contributed by atoms with van der Waals surface area (Å²) in [7, 11) is 0. The normalized spacial score (nSPS) is 12.1. The lowest BCUT2D eigenvalue weighted by molar-refractivity contribution is 0.626. The zero-order valence-electron chi connectivity index (χ0n) is 13.5. The van der Waals surface area contributed by atoms with Gasteiger partial charge < -0.3 is 0 Å². The number of benzene rings is 2. The van der Waals surface area contributed by atoms with Gasteiger partial charge in [-0.2, -0.15) is 0 Å². The molecule has 120 valence electrons. The maximum absolute atomic E-state index is 13.4. The minimum absolute atomic E-state index is 0.206. The van der Waals surface area contributed by atoms with E-state index in [0.29, 0.717) is 13.0 Å². The van der Waals surface area contributed by atoms with Crippen LogP contribution in [0.3, 0.4) is 0 Å². The number of hydrogen-bond acceptors (Lipinski definition) is 2. The molecule has 0 radical (unpaired) electrons. The van der Waals surface area contributed by atoms with Crippen molar-refractivity contribution < 1.29 is 4.39 Å². The van der Waals surface area contributed by atoms with Gasteiger partial charge in [-0.05, 0) is 65.3 Å². The third-order valence-electron chi connectivity index (χ3n) is 4.11. The first-order chi connectivity index (χ1) is 12.3. The quantitative estimate of drug-likeness (QED) is 0.649. The molecule has 0 saturated heterocycles. The summed E-state index contributed by atoms with van der Waals surface area (Å²) in [4.78, 5) is 8.75. The molecule has 0 saturated carbocycles. The lowest BCUT2D eigenvalue weighted by Crippen LogP contribution is -1.98. The van der Waals surface area contributed by atoms with E-state index >= 15 is 0 Å². The summed E-state index contributed by atoms with van der Waals surface area (Å²) < 4.78 is 13.4. The Morgan fingerprint density at radius 1 is 0.920 bits per heavy atom. The van der Waals surface area contributed by atoms with Crippen LogP contribution in [0.15, 0.2) is 71.9 Å². The van der Waals surface area contributed by atoms with Gasteiger partial charge in [0.15, 0.2) is 0 Å². The molecule has 3 aromatic rings. The lowest BCUT2D eigenvalue weighted by Gasteiger charge is -2.05. The molecule has 0 amide bonds. The van der Waals surface area contributed by atoms with E-state index in [4.69, 9.17) is 0 Å². The number of aromatic nitrogens is 1. The van der Waals surface area contributed by atoms with E-state index in [2.05, 4.69) is 40.0 Å². The van der Waals surface area contributed by atoms with Gasteiger partial charge in [0.05, 0.1) is 6.54 Å². The molecule has 1 aliphatic heterocycles. The van der Waals surface area contributed by atoms with E-state index in [1.165, 1.54) is 11.6 Å². The summed E-state index contributed by atoms with van der Waals surface area (Å²) in [5.74, 6) is 5.99. The van der Waals surface area contributed by atoms with Crippen LogP contribution < -0.4 is 0 Å². The van der Waals surface area contributed by atoms with E-state index in [1.807, 2.05) is 24.3 Å². The average molecular weight is 326 g/mol. The van der Waals surface area contributed by atoms with Crippen LogP contribution >= 0.6 is 0 Å². The number of rotatable bonds is 2. The minimum Gasteiger partial charge on any atom is -0.271 e. The van der Waals surface area contributed by atoms with Gasteiger partial charge in [-0.15, -0.1) is 0 Å². The first-order valence-electron chi connectivity index (χ1n) is 8.12. The summed E-state index contributed by atoms with van der Waals surface area (Å²) in [6.07, 6.45) is 2.41. The predicted octanol–water partition coefficient (Wildman–Crippen LogP) is 4.17. The summed E-state index contributed by atoms with van der Waals surface area (Å²) in [5, 5.41) is 0. The van der Waals surface area contributed by atoms with Crippen molar-refractivity contribution in [2.75, 3.05) is 0 Å². The molecular weight excluding hydrogens is 311 g/mol. The van der Waals surface area contributed by atoms with Crippen LogP contribution in [-0.4, -0.2) is 10.7 Å². The molecule has 0 atom stereocenters. The van der Waals surface area contributed by atoms with Gasteiger partial charge in [-0.1, -0.05) is 30.3 Å². The SMILES string of the molecule is Fc1cccc(Cc2ccc3c(c2)C(C#Cc2ccccn2)=NC3)c1. The Morgan fingerprint density at radius 3 is 2.68 bits per heavy atom. The fourth-order valence-electron chi connectivity index (χ4n) is 2.89. The van der Waals surface area contributed by atoms with Crippen LogP contribution in [-0.2, 0) is 13.0 Å². The second-order valence-corrected chi connectivity index (χ2v) is 5.93. The van der Waals surface area contributed by atoms with Crippen molar-refractivity contribution in [1.82, 2.24) is 4.98 Å². The van der Waals surface area contributed by atoms with E-state index in [0.717, 1.165) is 28.1 Å². The molecule has 0 bridgehead atoms. The third-order valence-corrected chi connectivity index (χ3v) is 4.11. The number of pyridine rings is 1. The standard InChI is InChI=1S/C22H15FN2/c23-19-5-3-4-16(13-19)12-17-7-8-18-15-25-22(21(18)14-17)10-9-20-6-1-2-11-24-20/h1-8,11,13-14H,12,15H2. The highest BCUT2D eigenvalue weighted by atomic mass is 19.1. The third kappa shape index (κ3) is 3.49. The largest absolute Gasteiger partial charge is 0.271 e. The van der Waals surface area contributed by atoms with E-state index in [9.17, 15) is 4.39 Å². The van der Waals surface area contributed by atoms with Crippen molar-refractivity contribution in [3.05, 3.63) is 101 Å². The molecule has 4 rings (SSSR count). The molecule has 0 fully saturated rings. The highest BCUT2D eigenvalue weighted by Gasteiger charge is 2.14. The van der Waals surface area contributed by atoms with Gasteiger partial charge in [0.25, 0.3) is 0 Å². The molecule has 1 aromatic heterocycles. The first-order valence-corrected chi connectivity index (χ1v) is 8.12. The smallest absolute Gasteiger partial charge is 0.123 e. The van der Waals surface area contributed by atoms with Crippen LogP contribution in [0.4, 0.5) is 4.39 Å². The molecule has 0 aliphatic carbocycles. The topological polar surface area (TPSA) is 25.2 Å². The van der Waals surface area contributed by atoms with Crippen LogP contribution in [0.2, 0.25) is 0 Å². The fourth-order valence-corrected chi connectivity index (χ4v) is 2.89. The Morgan fingerprint density at radius 2 is 1.84 bits per heavy atom. The monoisotopic (exact) mass is 326 g/mol. The maximum Gasteiger partial charge on any atom is 0.123 e. The van der Waals surface area contributed by atoms with Crippen molar-refractivity contribution in [3.8, 4) is 11.8 Å². The molecular formula is C22H15FN2. The van der Waals surface area contributed by atoms with Crippen molar-refractivity contribution in [1.29, 1.82) is 0 Å². The Labute approximate surface area is 146 Å². The second-order valence-electron chi connectivity index (χ2n) is 5.93. The number of nitrogens with zero attached hydrogens (tertiary/aromatic N) is 2. The Balaban J connectivity index is 1.60. The van der Waals surface area contributed by atoms with Gasteiger partial charge in [0, 0.05) is 11.8 Å². The lowest BCUT2D eigenvalue weighted by atomic mass is 9.98. The van der Waals surface area contributed by atoms with Crippen LogP contribution in [0, 0.1) is 17.7 Å². The first kappa shape index (κ1) is 15.3. The van der Waals surface area contributed by atoms with Crippen LogP contribution in [0.5, 0.6) is 0 Å². The summed E-state index contributed by atoms with van der Waals surface area (Å²) in [6, 6.07) is 18.6. The molecule has 0 unspecified atom stereocenters. The molecule has 2 heterocycles. The molecule has 0 spiro atoms. The van der Waals surface area contributed by atoms with Crippen LogP contribution in [0.25, 0.3) is 0 Å². The average Bonchev–Trinajstić information content (AvgIpc) is 3.03. The summed E-state index contributed by atoms with van der Waals surface area (Å²) in [5.41, 5.74) is 5.84. The fraction of sp³-hybridized carbons (Fsp3) is 0.0909. The number of halogens is 1. The van der Waals surface area contributed by atoms with Crippen molar-refractivity contribution >= 4 is 5.71 Å². The van der Waals surface area contributed by atoms with Gasteiger partial charge in [-0.3, -0.25) is 4.99 Å². The molecule has 0 N–H and O–H groups in total. The second kappa shape index (κ2) is 6.70. The molecule has 1 aliphatic rings. The highest BCUT2D eigenvalue weighted by Crippen LogP contribution is 2.22. The predicted molar refractivity (Wildman–Crippen MR) is 97.0 cm³/mol. The number of fused-ring (bicyclic) bond motifs is 1. The van der Waals surface area contributed by atoms with E-state index in [-0.39, 0.29) is 5.82 Å². The Kier molecular flexibility index (Phi) is 4.10. The van der Waals surface area contributed by atoms with Crippen molar-refractivity contribution in [3.63, 3.8) is 0 Å². The van der Waals surface area contributed by atoms with E-state index < -0.39 is 0 Å². The minimum atomic E-state index is -0.206. The van der Waals surface area contributed by atoms with Crippen molar-refractivity contribution in [2.24, 2.45) is 4.99 Å². The highest BCUT2D eigenvalue weighted by molar-refractivity contribution is 6.15. The molecule has 3 heteroatoms. The Hall–Kier alpha value is -3.25. The van der Waals surface area contributed by atoms with Gasteiger partial charge >= 0.3 is 0 Å². The van der Waals surface area contributed by atoms with Gasteiger partial charge in [0.2, 0.25) is 0 Å².